The highest BCUT2D eigenvalue weighted by Gasteiger charge is 2.08. The molecule has 0 saturated heterocycles. The largest absolute Gasteiger partial charge is 0.337 e. The Labute approximate surface area is 144 Å². The smallest absolute Gasteiger partial charge is 0.319 e. The molecule has 0 aliphatic carbocycles. The molecule has 0 aromatic heterocycles. The van der Waals surface area contributed by atoms with Gasteiger partial charge in [0.25, 0.3) is 0 Å². The van der Waals surface area contributed by atoms with Gasteiger partial charge >= 0.3 is 6.03 Å². The lowest BCUT2D eigenvalue weighted by Crippen LogP contribution is -2.30. The van der Waals surface area contributed by atoms with Crippen molar-refractivity contribution in [2.75, 3.05) is 24.0 Å². The van der Waals surface area contributed by atoms with Crippen molar-refractivity contribution >= 4 is 35.1 Å². The van der Waals surface area contributed by atoms with E-state index >= 15 is 0 Å². The predicted molar refractivity (Wildman–Crippen MR) is 96.1 cm³/mol. The van der Waals surface area contributed by atoms with Gasteiger partial charge in [0.05, 0.1) is 17.3 Å². The van der Waals surface area contributed by atoms with E-state index in [1.165, 1.54) is 0 Å². The van der Waals surface area contributed by atoms with Crippen molar-refractivity contribution in [2.24, 2.45) is 0 Å². The number of thioether (sulfide) groups is 1. The third-order valence-corrected chi connectivity index (χ3v) is 4.14. The van der Waals surface area contributed by atoms with Crippen molar-refractivity contribution < 1.29 is 4.79 Å². The first-order valence-electron chi connectivity index (χ1n) is 6.97. The maximum absolute atomic E-state index is 11.7. The molecule has 0 atom stereocenters. The van der Waals surface area contributed by atoms with Crippen LogP contribution < -0.4 is 10.6 Å². The van der Waals surface area contributed by atoms with Gasteiger partial charge in [-0.05, 0) is 41.6 Å². The Bertz CT molecular complexity index is 726. The number of nitrogens with zero attached hydrogens (tertiary/aromatic N) is 1. The molecule has 23 heavy (non-hydrogen) atoms. The van der Waals surface area contributed by atoms with Crippen molar-refractivity contribution in [2.45, 2.75) is 4.90 Å². The first-order chi connectivity index (χ1) is 11.2. The van der Waals surface area contributed by atoms with Gasteiger partial charge in [-0.25, -0.2) is 4.79 Å². The molecule has 4 nitrogen and oxygen atoms in total. The Hall–Kier alpha value is -2.16. The molecule has 0 aliphatic rings. The zero-order chi connectivity index (χ0) is 16.7. The van der Waals surface area contributed by atoms with Crippen LogP contribution >= 0.6 is 23.4 Å². The van der Waals surface area contributed by atoms with E-state index in [0.29, 0.717) is 18.0 Å². The average Bonchev–Trinajstić information content (AvgIpc) is 2.60. The van der Waals surface area contributed by atoms with Crippen LogP contribution in [0, 0.1) is 11.3 Å². The van der Waals surface area contributed by atoms with Crippen LogP contribution in [0.1, 0.15) is 5.56 Å². The number of alkyl halides is 1. The number of hydrogen-bond donors (Lipinski definition) is 2. The lowest BCUT2D eigenvalue weighted by Gasteiger charge is -2.12. The second kappa shape index (κ2) is 8.47. The van der Waals surface area contributed by atoms with Gasteiger partial charge < -0.3 is 10.6 Å². The number of carbonyl (C=O) groups is 1. The molecule has 6 heteroatoms. The number of nitrogens with one attached hydrogen (secondary N) is 2. The summed E-state index contributed by atoms with van der Waals surface area (Å²) in [5.41, 5.74) is 3.44. The highest BCUT2D eigenvalue weighted by Crippen LogP contribution is 2.31. The zero-order valence-corrected chi connectivity index (χ0v) is 14.2. The van der Waals surface area contributed by atoms with Crippen molar-refractivity contribution in [3.05, 3.63) is 48.0 Å². The molecule has 0 aliphatic heterocycles. The van der Waals surface area contributed by atoms with Crippen LogP contribution in [0.2, 0.25) is 0 Å². The van der Waals surface area contributed by atoms with E-state index in [0.717, 1.165) is 21.7 Å². The minimum absolute atomic E-state index is 0.271. The Balaban J connectivity index is 2.21. The highest BCUT2D eigenvalue weighted by molar-refractivity contribution is 7.98. The number of amides is 2. The summed E-state index contributed by atoms with van der Waals surface area (Å²) in [5.74, 6) is 0.375. The second-order valence-corrected chi connectivity index (χ2v) is 5.90. The van der Waals surface area contributed by atoms with E-state index in [9.17, 15) is 4.79 Å². The Morgan fingerprint density at radius 2 is 1.91 bits per heavy atom. The summed E-state index contributed by atoms with van der Waals surface area (Å²) in [4.78, 5) is 12.7. The monoisotopic (exact) mass is 345 g/mol. The van der Waals surface area contributed by atoms with Gasteiger partial charge in [-0.15, -0.1) is 23.4 Å². The molecular formula is C17H16ClN3OS. The number of benzene rings is 2. The molecule has 0 radical (unpaired) electrons. The normalized spacial score (nSPS) is 9.96. The van der Waals surface area contributed by atoms with Crippen LogP contribution in [0.3, 0.4) is 0 Å². The third kappa shape index (κ3) is 4.65. The molecule has 0 heterocycles. The summed E-state index contributed by atoms with van der Waals surface area (Å²) in [7, 11) is 0. The fourth-order valence-electron chi connectivity index (χ4n) is 2.04. The van der Waals surface area contributed by atoms with E-state index in [1.54, 1.807) is 23.9 Å². The molecule has 0 spiro atoms. The van der Waals surface area contributed by atoms with Crippen molar-refractivity contribution in [3.63, 3.8) is 0 Å². The average molecular weight is 346 g/mol. The quantitative estimate of drug-likeness (QED) is 0.627. The van der Waals surface area contributed by atoms with Crippen molar-refractivity contribution in [1.82, 2.24) is 5.32 Å². The fraction of sp³-hybridized carbons (Fsp3) is 0.176. The molecule has 118 valence electrons. The lowest BCUT2D eigenvalue weighted by molar-refractivity contribution is 0.252. The van der Waals surface area contributed by atoms with E-state index in [2.05, 4.69) is 16.7 Å². The molecular weight excluding hydrogens is 330 g/mol. The number of carbonyl (C=O) groups excluding carboxylic acids is 1. The van der Waals surface area contributed by atoms with E-state index in [4.69, 9.17) is 16.9 Å². The van der Waals surface area contributed by atoms with E-state index in [1.807, 2.05) is 36.6 Å². The van der Waals surface area contributed by atoms with E-state index < -0.39 is 0 Å². The SMILES string of the molecule is CSc1cc(-c2ccc(C#N)cc2)ccc1NC(=O)NCCCl. The number of rotatable bonds is 5. The molecule has 0 bridgehead atoms. The van der Waals surface area contributed by atoms with E-state index in [-0.39, 0.29) is 6.03 Å². The first kappa shape index (κ1) is 17.2. The number of anilines is 1. The summed E-state index contributed by atoms with van der Waals surface area (Å²) in [5, 5.41) is 14.3. The number of urea groups is 1. The Kier molecular flexibility index (Phi) is 6.33. The minimum atomic E-state index is -0.271. The van der Waals surface area contributed by atoms with Crippen LogP contribution in [0.15, 0.2) is 47.4 Å². The standard InChI is InChI=1S/C17H16ClN3OS/c1-23-16-10-14(13-4-2-12(11-19)3-5-13)6-7-15(16)21-17(22)20-9-8-18/h2-7,10H,8-9H2,1H3,(H2,20,21,22). The second-order valence-electron chi connectivity index (χ2n) is 4.67. The first-order valence-corrected chi connectivity index (χ1v) is 8.73. The summed E-state index contributed by atoms with van der Waals surface area (Å²) in [6.07, 6.45) is 1.96. The molecule has 2 aromatic carbocycles. The third-order valence-electron chi connectivity index (χ3n) is 3.18. The van der Waals surface area contributed by atoms with Gasteiger partial charge in [0.15, 0.2) is 0 Å². The van der Waals surface area contributed by atoms with Gasteiger partial charge in [-0.3, -0.25) is 0 Å². The molecule has 0 unspecified atom stereocenters. The summed E-state index contributed by atoms with van der Waals surface area (Å²) in [6, 6.07) is 15.1. The van der Waals surface area contributed by atoms with Gasteiger partial charge in [0.2, 0.25) is 0 Å². The van der Waals surface area contributed by atoms with Crippen molar-refractivity contribution in [3.8, 4) is 17.2 Å². The molecule has 0 fully saturated rings. The molecule has 2 N–H and O–H groups in total. The topological polar surface area (TPSA) is 64.9 Å². The summed E-state index contributed by atoms with van der Waals surface area (Å²) >= 11 is 7.11. The maximum atomic E-state index is 11.7. The lowest BCUT2D eigenvalue weighted by atomic mass is 10.0. The maximum Gasteiger partial charge on any atom is 0.319 e. The molecule has 2 amide bonds. The fourth-order valence-corrected chi connectivity index (χ4v) is 2.72. The van der Waals surface area contributed by atoms with Crippen LogP contribution in [-0.4, -0.2) is 24.7 Å². The van der Waals surface area contributed by atoms with Crippen molar-refractivity contribution in [1.29, 1.82) is 5.26 Å². The highest BCUT2D eigenvalue weighted by atomic mass is 35.5. The minimum Gasteiger partial charge on any atom is -0.337 e. The van der Waals surface area contributed by atoms with Gasteiger partial charge in [-0.1, -0.05) is 18.2 Å². The predicted octanol–water partition coefficient (Wildman–Crippen LogP) is 4.31. The molecule has 2 aromatic rings. The summed E-state index contributed by atoms with van der Waals surface area (Å²) < 4.78 is 0. The Morgan fingerprint density at radius 1 is 1.22 bits per heavy atom. The number of hydrogen-bond acceptors (Lipinski definition) is 3. The summed E-state index contributed by atoms with van der Waals surface area (Å²) in [6.45, 7) is 0.422. The molecule has 0 saturated carbocycles. The number of nitriles is 1. The van der Waals surface area contributed by atoms with Crippen LogP contribution in [0.4, 0.5) is 10.5 Å². The van der Waals surface area contributed by atoms with Crippen LogP contribution in [0.25, 0.3) is 11.1 Å². The zero-order valence-electron chi connectivity index (χ0n) is 12.6. The Morgan fingerprint density at radius 3 is 2.52 bits per heavy atom. The van der Waals surface area contributed by atoms with Crippen LogP contribution in [-0.2, 0) is 0 Å². The van der Waals surface area contributed by atoms with Gasteiger partial charge in [0.1, 0.15) is 0 Å². The van der Waals surface area contributed by atoms with Gasteiger partial charge in [0, 0.05) is 17.3 Å². The van der Waals surface area contributed by atoms with Crippen LogP contribution in [0.5, 0.6) is 0 Å². The number of halogens is 1. The molecule has 2 rings (SSSR count). The van der Waals surface area contributed by atoms with Gasteiger partial charge in [-0.2, -0.15) is 5.26 Å².